The van der Waals surface area contributed by atoms with Crippen LogP contribution in [0.1, 0.15) is 36.2 Å². The Balaban J connectivity index is 1.35. The summed E-state index contributed by atoms with van der Waals surface area (Å²) in [5, 5.41) is 5.87. The SMILES string of the molecule is COc1cccc(C(=O)NCC2CCC(NC(=O)COc3ccc(Cl)c(F)c3)CC2)n1. The molecule has 166 valence electrons. The highest BCUT2D eigenvalue weighted by Gasteiger charge is 2.23. The van der Waals surface area contributed by atoms with Crippen molar-refractivity contribution < 1.29 is 23.5 Å². The normalized spacial score (nSPS) is 18.2. The smallest absolute Gasteiger partial charge is 0.270 e. The van der Waals surface area contributed by atoms with Gasteiger partial charge in [0.05, 0.1) is 12.1 Å². The van der Waals surface area contributed by atoms with Crippen molar-refractivity contribution in [3.05, 3.63) is 52.9 Å². The number of ether oxygens (including phenoxy) is 2. The van der Waals surface area contributed by atoms with E-state index >= 15 is 0 Å². The molecule has 0 aliphatic heterocycles. The second kappa shape index (κ2) is 10.9. The Labute approximate surface area is 185 Å². The average Bonchev–Trinajstić information content (AvgIpc) is 2.79. The Kier molecular flexibility index (Phi) is 8.06. The number of carbonyl (C=O) groups excluding carboxylic acids is 2. The first-order chi connectivity index (χ1) is 14.9. The Hall–Kier alpha value is -2.87. The van der Waals surface area contributed by atoms with E-state index in [0.29, 0.717) is 24.0 Å². The summed E-state index contributed by atoms with van der Waals surface area (Å²) in [6, 6.07) is 9.16. The number of benzene rings is 1. The molecule has 2 amide bonds. The van der Waals surface area contributed by atoms with E-state index in [1.807, 2.05) is 0 Å². The van der Waals surface area contributed by atoms with E-state index < -0.39 is 5.82 Å². The number of aromatic nitrogens is 1. The molecule has 1 aliphatic carbocycles. The van der Waals surface area contributed by atoms with E-state index in [-0.39, 0.29) is 35.2 Å². The Bertz CT molecular complexity index is 919. The number of hydrogen-bond acceptors (Lipinski definition) is 5. The van der Waals surface area contributed by atoms with Crippen molar-refractivity contribution in [1.29, 1.82) is 0 Å². The van der Waals surface area contributed by atoms with Crippen LogP contribution in [-0.4, -0.2) is 43.1 Å². The largest absolute Gasteiger partial charge is 0.484 e. The maximum Gasteiger partial charge on any atom is 0.270 e. The third-order valence-electron chi connectivity index (χ3n) is 5.19. The number of rotatable bonds is 8. The standard InChI is InChI=1S/C22H25ClFN3O4/c1-30-21-4-2-3-19(27-21)22(29)25-12-14-5-7-15(8-6-14)26-20(28)13-31-16-9-10-17(23)18(24)11-16/h2-4,9-11,14-15H,5-8,12-13H2,1H3,(H,25,29)(H,26,28). The van der Waals surface area contributed by atoms with Crippen LogP contribution in [0.2, 0.25) is 5.02 Å². The van der Waals surface area contributed by atoms with Crippen molar-refractivity contribution in [2.75, 3.05) is 20.3 Å². The van der Waals surface area contributed by atoms with Crippen LogP contribution in [0, 0.1) is 11.7 Å². The van der Waals surface area contributed by atoms with Gasteiger partial charge in [0.25, 0.3) is 11.8 Å². The zero-order valence-corrected chi connectivity index (χ0v) is 18.0. The highest BCUT2D eigenvalue weighted by molar-refractivity contribution is 6.30. The van der Waals surface area contributed by atoms with Gasteiger partial charge in [0.2, 0.25) is 5.88 Å². The minimum absolute atomic E-state index is 0.00417. The zero-order valence-electron chi connectivity index (χ0n) is 17.2. The molecule has 9 heteroatoms. The molecule has 1 aliphatic rings. The molecule has 1 heterocycles. The molecule has 0 atom stereocenters. The molecule has 0 spiro atoms. The predicted molar refractivity (Wildman–Crippen MR) is 114 cm³/mol. The lowest BCUT2D eigenvalue weighted by molar-refractivity contribution is -0.124. The summed E-state index contributed by atoms with van der Waals surface area (Å²) in [4.78, 5) is 28.5. The van der Waals surface area contributed by atoms with Crippen LogP contribution in [0.25, 0.3) is 0 Å². The number of nitrogens with one attached hydrogen (secondary N) is 2. The van der Waals surface area contributed by atoms with E-state index in [1.165, 1.54) is 19.2 Å². The van der Waals surface area contributed by atoms with Crippen LogP contribution >= 0.6 is 11.6 Å². The molecular weight excluding hydrogens is 425 g/mol. The summed E-state index contributed by atoms with van der Waals surface area (Å²) < 4.78 is 23.8. The lowest BCUT2D eigenvalue weighted by Gasteiger charge is -2.29. The first kappa shape index (κ1) is 22.8. The number of carbonyl (C=O) groups is 2. The second-order valence-corrected chi connectivity index (χ2v) is 7.83. The van der Waals surface area contributed by atoms with Crippen LogP contribution in [0.5, 0.6) is 11.6 Å². The van der Waals surface area contributed by atoms with Gasteiger partial charge in [-0.05, 0) is 49.8 Å². The number of pyridine rings is 1. The highest BCUT2D eigenvalue weighted by atomic mass is 35.5. The van der Waals surface area contributed by atoms with E-state index in [1.54, 1.807) is 18.2 Å². The second-order valence-electron chi connectivity index (χ2n) is 7.42. The number of nitrogens with zero attached hydrogens (tertiary/aromatic N) is 1. The van der Waals surface area contributed by atoms with Crippen molar-refractivity contribution in [2.45, 2.75) is 31.7 Å². The lowest BCUT2D eigenvalue weighted by Crippen LogP contribution is -2.41. The molecule has 0 saturated heterocycles. The van der Waals surface area contributed by atoms with Crippen molar-refractivity contribution in [2.24, 2.45) is 5.92 Å². The van der Waals surface area contributed by atoms with Gasteiger partial charge in [-0.2, -0.15) is 0 Å². The van der Waals surface area contributed by atoms with Gasteiger partial charge in [0, 0.05) is 24.7 Å². The average molecular weight is 450 g/mol. The molecule has 2 aromatic rings. The molecule has 0 unspecified atom stereocenters. The summed E-state index contributed by atoms with van der Waals surface area (Å²) in [5.41, 5.74) is 0.320. The fourth-order valence-electron chi connectivity index (χ4n) is 3.48. The molecule has 3 rings (SSSR count). The van der Waals surface area contributed by atoms with Crippen LogP contribution in [0.15, 0.2) is 36.4 Å². The molecule has 0 radical (unpaired) electrons. The Morgan fingerprint density at radius 2 is 1.97 bits per heavy atom. The maximum absolute atomic E-state index is 13.4. The van der Waals surface area contributed by atoms with Crippen LogP contribution < -0.4 is 20.1 Å². The third-order valence-corrected chi connectivity index (χ3v) is 5.50. The number of hydrogen-bond donors (Lipinski definition) is 2. The minimum Gasteiger partial charge on any atom is -0.484 e. The summed E-state index contributed by atoms with van der Waals surface area (Å²) >= 11 is 5.63. The summed E-state index contributed by atoms with van der Waals surface area (Å²) in [5.74, 6) is -0.0828. The molecule has 7 nitrogen and oxygen atoms in total. The Morgan fingerprint density at radius 3 is 2.68 bits per heavy atom. The van der Waals surface area contributed by atoms with Gasteiger partial charge in [-0.3, -0.25) is 9.59 Å². The van der Waals surface area contributed by atoms with Crippen molar-refractivity contribution in [1.82, 2.24) is 15.6 Å². The molecule has 0 bridgehead atoms. The molecular formula is C22H25ClFN3O4. The number of halogens is 2. The molecule has 1 aromatic carbocycles. The van der Waals surface area contributed by atoms with Gasteiger partial charge in [-0.1, -0.05) is 17.7 Å². The van der Waals surface area contributed by atoms with E-state index in [9.17, 15) is 14.0 Å². The van der Waals surface area contributed by atoms with Crippen LogP contribution in [-0.2, 0) is 4.79 Å². The Morgan fingerprint density at radius 1 is 1.19 bits per heavy atom. The molecule has 1 aromatic heterocycles. The fourth-order valence-corrected chi connectivity index (χ4v) is 3.60. The van der Waals surface area contributed by atoms with Gasteiger partial charge in [-0.15, -0.1) is 0 Å². The summed E-state index contributed by atoms with van der Waals surface area (Å²) in [6.45, 7) is 0.369. The summed E-state index contributed by atoms with van der Waals surface area (Å²) in [6.07, 6.45) is 3.42. The van der Waals surface area contributed by atoms with Gasteiger partial charge < -0.3 is 20.1 Å². The van der Waals surface area contributed by atoms with E-state index in [0.717, 1.165) is 31.7 Å². The van der Waals surface area contributed by atoms with Crippen LogP contribution in [0.3, 0.4) is 0 Å². The molecule has 2 N–H and O–H groups in total. The maximum atomic E-state index is 13.4. The fraction of sp³-hybridized carbons (Fsp3) is 0.409. The number of methoxy groups -OCH3 is 1. The summed E-state index contributed by atoms with van der Waals surface area (Å²) in [7, 11) is 1.50. The molecule has 31 heavy (non-hydrogen) atoms. The first-order valence-corrected chi connectivity index (χ1v) is 10.5. The third kappa shape index (κ3) is 6.82. The molecule has 1 fully saturated rings. The van der Waals surface area contributed by atoms with Crippen LogP contribution in [0.4, 0.5) is 4.39 Å². The van der Waals surface area contributed by atoms with Gasteiger partial charge in [0.1, 0.15) is 17.3 Å². The topological polar surface area (TPSA) is 89.6 Å². The van der Waals surface area contributed by atoms with E-state index in [2.05, 4.69) is 15.6 Å². The molecule has 1 saturated carbocycles. The monoisotopic (exact) mass is 449 g/mol. The number of amides is 2. The van der Waals surface area contributed by atoms with Crippen molar-refractivity contribution in [3.63, 3.8) is 0 Å². The quantitative estimate of drug-likeness (QED) is 0.645. The van der Waals surface area contributed by atoms with Gasteiger partial charge >= 0.3 is 0 Å². The first-order valence-electron chi connectivity index (χ1n) is 10.1. The zero-order chi connectivity index (χ0) is 22.2. The van der Waals surface area contributed by atoms with Gasteiger partial charge in [-0.25, -0.2) is 9.37 Å². The van der Waals surface area contributed by atoms with Crippen molar-refractivity contribution >= 4 is 23.4 Å². The lowest BCUT2D eigenvalue weighted by atomic mass is 9.86. The van der Waals surface area contributed by atoms with Crippen molar-refractivity contribution in [3.8, 4) is 11.6 Å². The highest BCUT2D eigenvalue weighted by Crippen LogP contribution is 2.24. The van der Waals surface area contributed by atoms with Gasteiger partial charge in [0.15, 0.2) is 6.61 Å². The minimum atomic E-state index is -0.591. The predicted octanol–water partition coefficient (Wildman–Crippen LogP) is 3.37. The van der Waals surface area contributed by atoms with E-state index in [4.69, 9.17) is 21.1 Å².